The van der Waals surface area contributed by atoms with Crippen molar-refractivity contribution in [1.29, 1.82) is 0 Å². The number of hydrogen-bond acceptors (Lipinski definition) is 3. The Morgan fingerprint density at radius 3 is 2.64 bits per heavy atom. The zero-order valence-electron chi connectivity index (χ0n) is 14.1. The maximum absolute atomic E-state index is 12.5. The Labute approximate surface area is 157 Å². The average molecular weight is 403 g/mol. The zero-order chi connectivity index (χ0) is 17.6. The summed E-state index contributed by atoms with van der Waals surface area (Å²) in [6.07, 6.45) is 2.47. The first-order valence-electron chi connectivity index (χ1n) is 8.66. The third-order valence-corrected chi connectivity index (χ3v) is 5.36. The van der Waals surface area contributed by atoms with Crippen molar-refractivity contribution in [2.75, 3.05) is 18.4 Å². The standard InChI is InChI=1S/C20H23BrN2O2/c21-16-10-4-5-11-17(16)22-19(24)14-23-13-7-6-12-18(23)20(25)15-8-2-1-3-9-15/h1-5,8-11,18,20,25H,6-7,12-14H2,(H,22,24)/t18-,20-/m0/s1. The van der Waals surface area contributed by atoms with Crippen molar-refractivity contribution in [2.45, 2.75) is 31.4 Å². The van der Waals surface area contributed by atoms with Crippen LogP contribution in [-0.2, 0) is 4.79 Å². The Hall–Kier alpha value is -1.69. The molecular weight excluding hydrogens is 380 g/mol. The Balaban J connectivity index is 1.67. The quantitative estimate of drug-likeness (QED) is 0.794. The molecular formula is C20H23BrN2O2. The van der Waals surface area contributed by atoms with Crippen LogP contribution in [0.1, 0.15) is 30.9 Å². The lowest BCUT2D eigenvalue weighted by molar-refractivity contribution is -0.119. The van der Waals surface area contributed by atoms with Gasteiger partial charge in [-0.15, -0.1) is 0 Å². The van der Waals surface area contributed by atoms with E-state index in [4.69, 9.17) is 0 Å². The first kappa shape index (κ1) is 18.1. The molecule has 1 aliphatic rings. The van der Waals surface area contributed by atoms with Gasteiger partial charge in [0.1, 0.15) is 0 Å². The Kier molecular flexibility index (Phi) is 6.24. The summed E-state index contributed by atoms with van der Waals surface area (Å²) in [4.78, 5) is 14.6. The number of para-hydroxylation sites is 1. The lowest BCUT2D eigenvalue weighted by Crippen LogP contribution is -2.46. The number of piperidine rings is 1. The molecule has 2 aromatic rings. The zero-order valence-corrected chi connectivity index (χ0v) is 15.7. The number of likely N-dealkylation sites (tertiary alicyclic amines) is 1. The summed E-state index contributed by atoms with van der Waals surface area (Å²) in [5, 5.41) is 13.7. The van der Waals surface area contributed by atoms with E-state index in [0.717, 1.165) is 41.5 Å². The minimum absolute atomic E-state index is 0.0267. The molecule has 0 spiro atoms. The molecule has 1 aliphatic heterocycles. The maximum Gasteiger partial charge on any atom is 0.238 e. The average Bonchev–Trinajstić information content (AvgIpc) is 2.64. The largest absolute Gasteiger partial charge is 0.387 e. The van der Waals surface area contributed by atoms with Crippen LogP contribution >= 0.6 is 15.9 Å². The van der Waals surface area contributed by atoms with Crippen LogP contribution in [0.4, 0.5) is 5.69 Å². The molecule has 25 heavy (non-hydrogen) atoms. The fraction of sp³-hybridized carbons (Fsp3) is 0.350. The molecule has 3 rings (SSSR count). The number of rotatable bonds is 5. The summed E-state index contributed by atoms with van der Waals surface area (Å²) in [5.41, 5.74) is 1.68. The van der Waals surface area contributed by atoms with E-state index in [1.807, 2.05) is 54.6 Å². The smallest absolute Gasteiger partial charge is 0.238 e. The van der Waals surface area contributed by atoms with Crippen molar-refractivity contribution in [3.8, 4) is 0 Å². The number of anilines is 1. The number of benzene rings is 2. The van der Waals surface area contributed by atoms with Gasteiger partial charge in [0.25, 0.3) is 0 Å². The third kappa shape index (κ3) is 4.69. The van der Waals surface area contributed by atoms with E-state index in [1.54, 1.807) is 0 Å². The molecule has 4 nitrogen and oxygen atoms in total. The summed E-state index contributed by atoms with van der Waals surface area (Å²) in [6.45, 7) is 1.12. The van der Waals surface area contributed by atoms with E-state index in [0.29, 0.717) is 0 Å². The number of carbonyl (C=O) groups excluding carboxylic acids is 1. The molecule has 132 valence electrons. The van der Waals surface area contributed by atoms with Crippen LogP contribution in [0.25, 0.3) is 0 Å². The van der Waals surface area contributed by atoms with E-state index >= 15 is 0 Å². The van der Waals surface area contributed by atoms with Gasteiger partial charge in [0.05, 0.1) is 18.3 Å². The van der Waals surface area contributed by atoms with Crippen LogP contribution in [0.2, 0.25) is 0 Å². The molecule has 0 saturated carbocycles. The topological polar surface area (TPSA) is 52.6 Å². The van der Waals surface area contributed by atoms with Gasteiger partial charge in [0.2, 0.25) is 5.91 Å². The van der Waals surface area contributed by atoms with Crippen LogP contribution in [0.3, 0.4) is 0 Å². The monoisotopic (exact) mass is 402 g/mol. The Morgan fingerprint density at radius 1 is 1.16 bits per heavy atom. The van der Waals surface area contributed by atoms with Crippen LogP contribution in [0.15, 0.2) is 59.1 Å². The highest BCUT2D eigenvalue weighted by Crippen LogP contribution is 2.28. The van der Waals surface area contributed by atoms with Crippen molar-refractivity contribution in [1.82, 2.24) is 4.90 Å². The van der Waals surface area contributed by atoms with Crippen LogP contribution in [-0.4, -0.2) is 35.0 Å². The number of amides is 1. The number of aliphatic hydroxyl groups excluding tert-OH is 1. The highest BCUT2D eigenvalue weighted by molar-refractivity contribution is 9.10. The molecule has 5 heteroatoms. The first-order valence-corrected chi connectivity index (χ1v) is 9.46. The van der Waals surface area contributed by atoms with Gasteiger partial charge in [-0.25, -0.2) is 0 Å². The molecule has 1 fully saturated rings. The number of hydrogen-bond donors (Lipinski definition) is 2. The molecule has 0 radical (unpaired) electrons. The lowest BCUT2D eigenvalue weighted by atomic mass is 9.93. The molecule has 2 atom stereocenters. The van der Waals surface area contributed by atoms with Crippen molar-refractivity contribution in [3.63, 3.8) is 0 Å². The fourth-order valence-electron chi connectivity index (χ4n) is 3.38. The molecule has 1 heterocycles. The van der Waals surface area contributed by atoms with Crippen molar-refractivity contribution >= 4 is 27.5 Å². The number of carbonyl (C=O) groups is 1. The summed E-state index contributed by atoms with van der Waals surface area (Å²) in [7, 11) is 0. The molecule has 0 bridgehead atoms. The highest BCUT2D eigenvalue weighted by Gasteiger charge is 2.30. The van der Waals surface area contributed by atoms with Gasteiger partial charge >= 0.3 is 0 Å². The van der Waals surface area contributed by atoms with Gasteiger partial charge in [-0.2, -0.15) is 0 Å². The van der Waals surface area contributed by atoms with E-state index in [9.17, 15) is 9.90 Å². The second kappa shape index (κ2) is 8.61. The normalized spacial score (nSPS) is 19.4. The second-order valence-corrected chi connectivity index (χ2v) is 7.27. The Bertz CT molecular complexity index is 708. The van der Waals surface area contributed by atoms with E-state index in [2.05, 4.69) is 26.1 Å². The van der Waals surface area contributed by atoms with Crippen molar-refractivity contribution < 1.29 is 9.90 Å². The maximum atomic E-state index is 12.5. The SMILES string of the molecule is O=C(CN1CCCC[C@H]1[C@@H](O)c1ccccc1)Nc1ccccc1Br. The fourth-order valence-corrected chi connectivity index (χ4v) is 3.76. The summed E-state index contributed by atoms with van der Waals surface area (Å²) in [6, 6.07) is 17.3. The Morgan fingerprint density at radius 2 is 1.88 bits per heavy atom. The van der Waals surface area contributed by atoms with Gasteiger partial charge < -0.3 is 10.4 Å². The summed E-state index contributed by atoms with van der Waals surface area (Å²) < 4.78 is 0.864. The molecule has 2 aromatic carbocycles. The number of nitrogens with one attached hydrogen (secondary N) is 1. The van der Waals surface area contributed by atoms with Crippen LogP contribution < -0.4 is 5.32 Å². The van der Waals surface area contributed by atoms with Gasteiger partial charge in [0, 0.05) is 10.5 Å². The first-order chi connectivity index (χ1) is 12.1. The van der Waals surface area contributed by atoms with Crippen LogP contribution in [0, 0.1) is 0 Å². The highest BCUT2D eigenvalue weighted by atomic mass is 79.9. The minimum Gasteiger partial charge on any atom is -0.387 e. The minimum atomic E-state index is -0.572. The molecule has 0 aliphatic carbocycles. The van der Waals surface area contributed by atoms with E-state index < -0.39 is 6.10 Å². The molecule has 2 N–H and O–H groups in total. The summed E-state index contributed by atoms with van der Waals surface area (Å²) >= 11 is 3.45. The lowest BCUT2D eigenvalue weighted by Gasteiger charge is -2.38. The van der Waals surface area contributed by atoms with Gasteiger partial charge in [-0.1, -0.05) is 48.9 Å². The third-order valence-electron chi connectivity index (χ3n) is 4.66. The van der Waals surface area contributed by atoms with Gasteiger partial charge in [0.15, 0.2) is 0 Å². The number of nitrogens with zero attached hydrogens (tertiary/aromatic N) is 1. The summed E-state index contributed by atoms with van der Waals surface area (Å²) in [5.74, 6) is -0.0564. The predicted molar refractivity (Wildman–Crippen MR) is 103 cm³/mol. The number of aliphatic hydroxyl groups is 1. The molecule has 0 unspecified atom stereocenters. The van der Waals surface area contributed by atoms with Crippen LogP contribution in [0.5, 0.6) is 0 Å². The van der Waals surface area contributed by atoms with Gasteiger partial charge in [-0.3, -0.25) is 9.69 Å². The van der Waals surface area contributed by atoms with Crippen molar-refractivity contribution in [3.05, 3.63) is 64.6 Å². The van der Waals surface area contributed by atoms with Crippen molar-refractivity contribution in [2.24, 2.45) is 0 Å². The van der Waals surface area contributed by atoms with E-state index in [1.165, 1.54) is 0 Å². The number of halogens is 1. The molecule has 0 aromatic heterocycles. The predicted octanol–water partition coefficient (Wildman–Crippen LogP) is 3.98. The van der Waals surface area contributed by atoms with Gasteiger partial charge in [-0.05, 0) is 53.0 Å². The molecule has 1 saturated heterocycles. The molecule has 1 amide bonds. The second-order valence-electron chi connectivity index (χ2n) is 6.42. The van der Waals surface area contributed by atoms with E-state index in [-0.39, 0.29) is 18.5 Å².